The molecule has 0 atom stereocenters. The van der Waals surface area contributed by atoms with Crippen LogP contribution in [0.5, 0.6) is 5.75 Å². The SMILES string of the molecule is CCCCOc1cc(F)c(C#Cc2cc(F)c(C#Cc3ccc4c(F)c(F)ccc4c3)c(F)c2)c(F)c1. The van der Waals surface area contributed by atoms with Crippen LogP contribution in [-0.4, -0.2) is 6.61 Å². The second-order valence-electron chi connectivity index (χ2n) is 8.08. The number of fused-ring (bicyclic) bond motifs is 1. The molecule has 7 heteroatoms. The van der Waals surface area contributed by atoms with Gasteiger partial charge in [-0.2, -0.15) is 0 Å². The second kappa shape index (κ2) is 11.1. The molecule has 4 rings (SSSR count). The summed E-state index contributed by atoms with van der Waals surface area (Å²) >= 11 is 0. The zero-order valence-corrected chi connectivity index (χ0v) is 19.5. The van der Waals surface area contributed by atoms with Gasteiger partial charge >= 0.3 is 0 Å². The summed E-state index contributed by atoms with van der Waals surface area (Å²) < 4.78 is 90.3. The van der Waals surface area contributed by atoms with Crippen LogP contribution in [0.15, 0.2) is 54.6 Å². The van der Waals surface area contributed by atoms with Crippen molar-refractivity contribution >= 4 is 10.8 Å². The third kappa shape index (κ3) is 5.90. The van der Waals surface area contributed by atoms with Gasteiger partial charge in [0.1, 0.15) is 29.0 Å². The number of benzene rings is 4. The van der Waals surface area contributed by atoms with E-state index in [9.17, 15) is 26.3 Å². The fourth-order valence-corrected chi connectivity index (χ4v) is 3.46. The Bertz CT molecular complexity index is 1570. The molecule has 186 valence electrons. The Labute approximate surface area is 209 Å². The molecular weight excluding hydrogens is 490 g/mol. The Morgan fingerprint density at radius 3 is 1.84 bits per heavy atom. The van der Waals surface area contributed by atoms with Crippen LogP contribution in [0.1, 0.15) is 42.0 Å². The summed E-state index contributed by atoms with van der Waals surface area (Å²) in [6.45, 7) is 2.26. The van der Waals surface area contributed by atoms with Gasteiger partial charge in [-0.15, -0.1) is 0 Å². The summed E-state index contributed by atoms with van der Waals surface area (Å²) in [7, 11) is 0. The largest absolute Gasteiger partial charge is 0.493 e. The maximum atomic E-state index is 14.6. The van der Waals surface area contributed by atoms with Gasteiger partial charge in [-0.1, -0.05) is 49.2 Å². The summed E-state index contributed by atoms with van der Waals surface area (Å²) in [5, 5.41) is 0.426. The summed E-state index contributed by atoms with van der Waals surface area (Å²) in [6.07, 6.45) is 1.59. The third-order valence-electron chi connectivity index (χ3n) is 5.39. The highest BCUT2D eigenvalue weighted by Gasteiger charge is 2.12. The van der Waals surface area contributed by atoms with Crippen molar-refractivity contribution < 1.29 is 31.1 Å². The maximum Gasteiger partial charge on any atom is 0.166 e. The predicted molar refractivity (Wildman–Crippen MR) is 129 cm³/mol. The van der Waals surface area contributed by atoms with E-state index >= 15 is 0 Å². The first-order valence-corrected chi connectivity index (χ1v) is 11.3. The molecule has 4 aromatic carbocycles. The predicted octanol–water partition coefficient (Wildman–Crippen LogP) is 7.65. The first kappa shape index (κ1) is 25.7. The topological polar surface area (TPSA) is 9.23 Å². The van der Waals surface area contributed by atoms with Crippen molar-refractivity contribution in [3.8, 4) is 29.4 Å². The van der Waals surface area contributed by atoms with Gasteiger partial charge in [0.25, 0.3) is 0 Å². The van der Waals surface area contributed by atoms with E-state index in [1.807, 2.05) is 6.92 Å². The van der Waals surface area contributed by atoms with Crippen molar-refractivity contribution in [2.24, 2.45) is 0 Å². The lowest BCUT2D eigenvalue weighted by Crippen LogP contribution is -1.99. The molecule has 0 radical (unpaired) electrons. The van der Waals surface area contributed by atoms with Crippen molar-refractivity contribution in [3.05, 3.63) is 112 Å². The van der Waals surface area contributed by atoms with Gasteiger partial charge in [-0.25, -0.2) is 26.3 Å². The monoisotopic (exact) mass is 508 g/mol. The smallest absolute Gasteiger partial charge is 0.166 e. The Balaban J connectivity index is 1.58. The van der Waals surface area contributed by atoms with E-state index in [1.54, 1.807) is 0 Å². The molecule has 0 saturated carbocycles. The fraction of sp³-hybridized carbons (Fsp3) is 0.133. The van der Waals surface area contributed by atoms with Gasteiger partial charge in [0.2, 0.25) is 0 Å². The van der Waals surface area contributed by atoms with Crippen molar-refractivity contribution in [3.63, 3.8) is 0 Å². The number of ether oxygens (including phenoxy) is 1. The molecule has 0 bridgehead atoms. The van der Waals surface area contributed by atoms with Crippen molar-refractivity contribution in [1.29, 1.82) is 0 Å². The standard InChI is InChI=1S/C30H18F6O/c1-2-3-12-37-21-16-28(34)24(29(35)17-21)10-6-19-14-26(32)23(27(33)15-19)9-5-18-4-8-22-20(13-18)7-11-25(31)30(22)36/h4,7-8,11,13-17H,2-3,12H2,1H3. The summed E-state index contributed by atoms with van der Waals surface area (Å²) in [5.41, 5.74) is -0.915. The van der Waals surface area contributed by atoms with Crippen molar-refractivity contribution in [2.75, 3.05) is 6.61 Å². The van der Waals surface area contributed by atoms with E-state index < -0.39 is 46.0 Å². The lowest BCUT2D eigenvalue weighted by molar-refractivity contribution is 0.306. The zero-order chi connectivity index (χ0) is 26.5. The molecule has 0 spiro atoms. The van der Waals surface area contributed by atoms with Crippen LogP contribution in [0.3, 0.4) is 0 Å². The molecule has 0 amide bonds. The highest BCUT2D eigenvalue weighted by Crippen LogP contribution is 2.23. The maximum absolute atomic E-state index is 14.6. The minimum Gasteiger partial charge on any atom is -0.493 e. The van der Waals surface area contributed by atoms with Crippen LogP contribution in [0.25, 0.3) is 10.8 Å². The molecule has 0 aliphatic rings. The Kier molecular flexibility index (Phi) is 7.74. The minimum absolute atomic E-state index is 0.0257. The highest BCUT2D eigenvalue weighted by atomic mass is 19.2. The number of hydrogen-bond acceptors (Lipinski definition) is 1. The van der Waals surface area contributed by atoms with Crippen molar-refractivity contribution in [2.45, 2.75) is 19.8 Å². The Hall–Kier alpha value is -4.36. The molecule has 0 fully saturated rings. The van der Waals surface area contributed by atoms with E-state index in [0.29, 0.717) is 17.6 Å². The van der Waals surface area contributed by atoms with Crippen LogP contribution >= 0.6 is 0 Å². The first-order chi connectivity index (χ1) is 17.8. The van der Waals surface area contributed by atoms with Crippen LogP contribution in [0.2, 0.25) is 0 Å². The average Bonchev–Trinajstić information content (AvgIpc) is 2.85. The quantitative estimate of drug-likeness (QED) is 0.156. The van der Waals surface area contributed by atoms with Gasteiger partial charge in [-0.3, -0.25) is 0 Å². The summed E-state index contributed by atoms with van der Waals surface area (Å²) in [4.78, 5) is 0. The third-order valence-corrected chi connectivity index (χ3v) is 5.39. The number of unbranched alkanes of at least 4 members (excludes halogenated alkanes) is 1. The summed E-state index contributed by atoms with van der Waals surface area (Å²) in [5.74, 6) is 3.68. The normalized spacial score (nSPS) is 10.5. The van der Waals surface area contributed by atoms with E-state index in [0.717, 1.165) is 43.2 Å². The second-order valence-corrected chi connectivity index (χ2v) is 8.08. The lowest BCUT2D eigenvalue weighted by atomic mass is 10.1. The number of halogens is 6. The number of hydrogen-bond donors (Lipinski definition) is 0. The first-order valence-electron chi connectivity index (χ1n) is 11.3. The molecule has 0 N–H and O–H groups in total. The molecule has 0 unspecified atom stereocenters. The Morgan fingerprint density at radius 2 is 1.22 bits per heavy atom. The number of rotatable bonds is 4. The van der Waals surface area contributed by atoms with Gasteiger partial charge < -0.3 is 4.74 Å². The van der Waals surface area contributed by atoms with Gasteiger partial charge in [0.15, 0.2) is 11.6 Å². The molecule has 1 nitrogen and oxygen atoms in total. The van der Waals surface area contributed by atoms with Gasteiger partial charge in [-0.05, 0) is 42.1 Å². The van der Waals surface area contributed by atoms with Crippen LogP contribution in [0.4, 0.5) is 26.3 Å². The molecule has 37 heavy (non-hydrogen) atoms. The molecule has 4 aromatic rings. The zero-order valence-electron chi connectivity index (χ0n) is 19.5. The van der Waals surface area contributed by atoms with E-state index in [-0.39, 0.29) is 16.7 Å². The highest BCUT2D eigenvalue weighted by molar-refractivity contribution is 5.84. The molecule has 0 aliphatic carbocycles. The Morgan fingerprint density at radius 1 is 0.622 bits per heavy atom. The molecule has 0 heterocycles. The summed E-state index contributed by atoms with van der Waals surface area (Å²) in [6, 6.07) is 10.3. The van der Waals surface area contributed by atoms with Gasteiger partial charge in [0.05, 0.1) is 17.7 Å². The van der Waals surface area contributed by atoms with Gasteiger partial charge in [0, 0.05) is 28.6 Å². The van der Waals surface area contributed by atoms with Crippen LogP contribution in [-0.2, 0) is 0 Å². The average molecular weight is 508 g/mol. The fourth-order valence-electron chi connectivity index (χ4n) is 3.46. The van der Waals surface area contributed by atoms with E-state index in [1.165, 1.54) is 24.3 Å². The molecular formula is C30H18F6O. The lowest BCUT2D eigenvalue weighted by Gasteiger charge is -2.06. The minimum atomic E-state index is -1.02. The van der Waals surface area contributed by atoms with E-state index in [4.69, 9.17) is 4.74 Å². The van der Waals surface area contributed by atoms with Crippen LogP contribution < -0.4 is 4.74 Å². The van der Waals surface area contributed by atoms with E-state index in [2.05, 4.69) is 23.7 Å². The molecule has 0 saturated heterocycles. The molecule has 0 aliphatic heterocycles. The van der Waals surface area contributed by atoms with Crippen LogP contribution in [0, 0.1) is 58.6 Å². The van der Waals surface area contributed by atoms with Crippen molar-refractivity contribution in [1.82, 2.24) is 0 Å². The molecule has 0 aromatic heterocycles.